The van der Waals surface area contributed by atoms with Crippen LogP contribution in [-0.4, -0.2) is 24.6 Å². The lowest BCUT2D eigenvalue weighted by Gasteiger charge is -2.22. The zero-order chi connectivity index (χ0) is 12.8. The lowest BCUT2D eigenvalue weighted by atomic mass is 9.96. The number of nitrogens with one attached hydrogen (secondary N) is 2. The SMILES string of the molecule is Cc1nc(NCCC2CCCNC2)ccc1C#N. The van der Waals surface area contributed by atoms with Crippen molar-refractivity contribution in [2.24, 2.45) is 5.92 Å². The maximum Gasteiger partial charge on any atom is 0.126 e. The van der Waals surface area contributed by atoms with Crippen molar-refractivity contribution in [3.8, 4) is 6.07 Å². The summed E-state index contributed by atoms with van der Waals surface area (Å²) in [4.78, 5) is 4.38. The minimum atomic E-state index is 0.650. The van der Waals surface area contributed by atoms with Gasteiger partial charge in [-0.25, -0.2) is 4.98 Å². The van der Waals surface area contributed by atoms with Crippen molar-refractivity contribution in [2.45, 2.75) is 26.2 Å². The van der Waals surface area contributed by atoms with Crippen LogP contribution in [0.1, 0.15) is 30.5 Å². The second kappa shape index (κ2) is 6.36. The van der Waals surface area contributed by atoms with Crippen molar-refractivity contribution in [1.82, 2.24) is 10.3 Å². The third kappa shape index (κ3) is 3.44. The van der Waals surface area contributed by atoms with Gasteiger partial charge in [0, 0.05) is 6.54 Å². The fourth-order valence-corrected chi connectivity index (χ4v) is 2.35. The molecule has 0 amide bonds. The highest BCUT2D eigenvalue weighted by atomic mass is 15.0. The Morgan fingerprint density at radius 3 is 3.11 bits per heavy atom. The van der Waals surface area contributed by atoms with Gasteiger partial charge in [-0.1, -0.05) is 0 Å². The number of aryl methyl sites for hydroxylation is 1. The molecule has 4 heteroatoms. The predicted octanol–water partition coefficient (Wildman–Crippen LogP) is 2.06. The standard InChI is InChI=1S/C14H20N4/c1-11-13(9-15)4-5-14(18-11)17-8-6-12-3-2-7-16-10-12/h4-5,12,16H,2-3,6-8,10H2,1H3,(H,17,18). The number of aromatic nitrogens is 1. The molecule has 4 nitrogen and oxygen atoms in total. The largest absolute Gasteiger partial charge is 0.370 e. The lowest BCUT2D eigenvalue weighted by Crippen LogP contribution is -2.30. The summed E-state index contributed by atoms with van der Waals surface area (Å²) in [6, 6.07) is 5.84. The summed E-state index contributed by atoms with van der Waals surface area (Å²) in [6.45, 7) is 5.13. The highest BCUT2D eigenvalue weighted by Gasteiger charge is 2.12. The minimum Gasteiger partial charge on any atom is -0.370 e. The van der Waals surface area contributed by atoms with E-state index in [4.69, 9.17) is 5.26 Å². The number of nitrogens with zero attached hydrogens (tertiary/aromatic N) is 2. The van der Waals surface area contributed by atoms with Crippen LogP contribution in [0.15, 0.2) is 12.1 Å². The summed E-state index contributed by atoms with van der Waals surface area (Å²) in [5.41, 5.74) is 1.44. The first-order chi connectivity index (χ1) is 8.79. The Hall–Kier alpha value is -1.60. The molecule has 0 aromatic carbocycles. The average Bonchev–Trinajstić information content (AvgIpc) is 2.40. The van der Waals surface area contributed by atoms with Crippen LogP contribution >= 0.6 is 0 Å². The second-order valence-corrected chi connectivity index (χ2v) is 4.87. The van der Waals surface area contributed by atoms with Crippen LogP contribution in [0, 0.1) is 24.2 Å². The third-order valence-corrected chi connectivity index (χ3v) is 3.46. The predicted molar refractivity (Wildman–Crippen MR) is 72.4 cm³/mol. The van der Waals surface area contributed by atoms with E-state index in [1.807, 2.05) is 19.1 Å². The molecule has 1 saturated heterocycles. The van der Waals surface area contributed by atoms with E-state index >= 15 is 0 Å². The monoisotopic (exact) mass is 244 g/mol. The van der Waals surface area contributed by atoms with Gasteiger partial charge in [0.1, 0.15) is 11.9 Å². The van der Waals surface area contributed by atoms with Gasteiger partial charge in [-0.15, -0.1) is 0 Å². The Labute approximate surface area is 108 Å². The molecule has 0 bridgehead atoms. The van der Waals surface area contributed by atoms with Gasteiger partial charge in [0.2, 0.25) is 0 Å². The van der Waals surface area contributed by atoms with Gasteiger partial charge in [0.25, 0.3) is 0 Å². The molecule has 2 heterocycles. The Morgan fingerprint density at radius 2 is 2.44 bits per heavy atom. The summed E-state index contributed by atoms with van der Waals surface area (Å²) in [7, 11) is 0. The molecule has 0 radical (unpaired) electrons. The first-order valence-corrected chi connectivity index (χ1v) is 6.62. The van der Waals surface area contributed by atoms with Crippen LogP contribution in [0.2, 0.25) is 0 Å². The Bertz CT molecular complexity index is 430. The quantitative estimate of drug-likeness (QED) is 0.851. The van der Waals surface area contributed by atoms with E-state index in [1.54, 1.807) is 0 Å². The maximum atomic E-state index is 8.84. The Morgan fingerprint density at radius 1 is 1.56 bits per heavy atom. The van der Waals surface area contributed by atoms with Crippen molar-refractivity contribution in [3.63, 3.8) is 0 Å². The number of piperidine rings is 1. The van der Waals surface area contributed by atoms with Crippen LogP contribution < -0.4 is 10.6 Å². The summed E-state index contributed by atoms with van der Waals surface area (Å²) >= 11 is 0. The van der Waals surface area contributed by atoms with Crippen LogP contribution in [-0.2, 0) is 0 Å². The summed E-state index contributed by atoms with van der Waals surface area (Å²) in [5, 5.41) is 15.6. The molecule has 0 saturated carbocycles. The molecule has 1 fully saturated rings. The first-order valence-electron chi connectivity index (χ1n) is 6.62. The molecule has 1 atom stereocenters. The highest BCUT2D eigenvalue weighted by molar-refractivity contribution is 5.42. The van der Waals surface area contributed by atoms with Gasteiger partial charge in [0.05, 0.1) is 11.3 Å². The molecule has 1 unspecified atom stereocenters. The van der Waals surface area contributed by atoms with Crippen LogP contribution in [0.4, 0.5) is 5.82 Å². The zero-order valence-corrected chi connectivity index (χ0v) is 10.9. The van der Waals surface area contributed by atoms with E-state index < -0.39 is 0 Å². The number of rotatable bonds is 4. The van der Waals surface area contributed by atoms with Crippen LogP contribution in [0.3, 0.4) is 0 Å². The number of nitriles is 1. The Kier molecular flexibility index (Phi) is 4.54. The van der Waals surface area contributed by atoms with Crippen molar-refractivity contribution in [3.05, 3.63) is 23.4 Å². The molecule has 0 spiro atoms. The van der Waals surface area contributed by atoms with Crippen LogP contribution in [0.5, 0.6) is 0 Å². The first kappa shape index (κ1) is 12.8. The van der Waals surface area contributed by atoms with Gasteiger partial charge in [-0.05, 0) is 57.3 Å². The van der Waals surface area contributed by atoms with Gasteiger partial charge in [-0.3, -0.25) is 0 Å². The van der Waals surface area contributed by atoms with Crippen molar-refractivity contribution in [2.75, 3.05) is 25.0 Å². The summed E-state index contributed by atoms with van der Waals surface area (Å²) in [6.07, 6.45) is 3.79. The summed E-state index contributed by atoms with van der Waals surface area (Å²) < 4.78 is 0. The number of anilines is 1. The molecule has 1 aromatic rings. The fraction of sp³-hybridized carbons (Fsp3) is 0.571. The number of hydrogen-bond acceptors (Lipinski definition) is 4. The van der Waals surface area contributed by atoms with E-state index in [2.05, 4.69) is 21.7 Å². The summed E-state index contributed by atoms with van der Waals surface area (Å²) in [5.74, 6) is 1.65. The molecule has 18 heavy (non-hydrogen) atoms. The molecular weight excluding hydrogens is 224 g/mol. The molecule has 2 rings (SSSR count). The minimum absolute atomic E-state index is 0.650. The van der Waals surface area contributed by atoms with E-state index in [1.165, 1.54) is 25.8 Å². The van der Waals surface area contributed by atoms with E-state index in [9.17, 15) is 0 Å². The van der Waals surface area contributed by atoms with Gasteiger partial charge in [0.15, 0.2) is 0 Å². The van der Waals surface area contributed by atoms with Crippen molar-refractivity contribution >= 4 is 5.82 Å². The lowest BCUT2D eigenvalue weighted by molar-refractivity contribution is 0.364. The maximum absolute atomic E-state index is 8.84. The van der Waals surface area contributed by atoms with Crippen molar-refractivity contribution in [1.29, 1.82) is 5.26 Å². The highest BCUT2D eigenvalue weighted by Crippen LogP contribution is 2.15. The number of pyridine rings is 1. The van der Waals surface area contributed by atoms with Crippen molar-refractivity contribution < 1.29 is 0 Å². The average molecular weight is 244 g/mol. The molecule has 1 aliphatic rings. The molecule has 96 valence electrons. The van der Waals surface area contributed by atoms with Gasteiger partial charge >= 0.3 is 0 Å². The molecule has 1 aromatic heterocycles. The second-order valence-electron chi connectivity index (χ2n) is 4.87. The van der Waals surface area contributed by atoms with Crippen LogP contribution in [0.25, 0.3) is 0 Å². The van der Waals surface area contributed by atoms with Gasteiger partial charge < -0.3 is 10.6 Å². The van der Waals surface area contributed by atoms with E-state index in [-0.39, 0.29) is 0 Å². The van der Waals surface area contributed by atoms with Gasteiger partial charge in [-0.2, -0.15) is 5.26 Å². The zero-order valence-electron chi connectivity index (χ0n) is 10.9. The molecular formula is C14H20N4. The third-order valence-electron chi connectivity index (χ3n) is 3.46. The molecule has 0 aliphatic carbocycles. The fourth-order valence-electron chi connectivity index (χ4n) is 2.35. The number of hydrogen-bond donors (Lipinski definition) is 2. The smallest absolute Gasteiger partial charge is 0.126 e. The van der Waals surface area contributed by atoms with E-state index in [0.717, 1.165) is 30.5 Å². The van der Waals surface area contributed by atoms with E-state index in [0.29, 0.717) is 5.56 Å². The normalized spacial score (nSPS) is 19.2. The molecule has 1 aliphatic heterocycles. The Balaban J connectivity index is 1.79. The molecule has 2 N–H and O–H groups in total. The topological polar surface area (TPSA) is 60.7 Å².